The molecule has 4 heteroatoms. The van der Waals surface area contributed by atoms with Crippen LogP contribution >= 0.6 is 0 Å². The van der Waals surface area contributed by atoms with Gasteiger partial charge in [0, 0.05) is 38.0 Å². The van der Waals surface area contributed by atoms with E-state index >= 15 is 0 Å². The number of carbonyl (C=O) groups is 1. The Hall–Kier alpha value is -1.58. The highest BCUT2D eigenvalue weighted by molar-refractivity contribution is 5.76. The second-order valence-corrected chi connectivity index (χ2v) is 7.04. The Morgan fingerprint density at radius 3 is 2.57 bits per heavy atom. The fraction of sp³-hybridized carbons (Fsp3) is 0.684. The molecule has 1 aliphatic carbocycles. The van der Waals surface area contributed by atoms with Gasteiger partial charge in [0.2, 0.25) is 5.91 Å². The lowest BCUT2D eigenvalue weighted by atomic mass is 9.86. The SMILES string of the molecule is Cc1ccc(OC2CCN(C(=O)CC3CCCCC3)CC2)cn1. The second-order valence-electron chi connectivity index (χ2n) is 7.04. The number of carbonyl (C=O) groups excluding carboxylic acids is 1. The molecule has 23 heavy (non-hydrogen) atoms. The van der Waals surface area contributed by atoms with Gasteiger partial charge in [-0.1, -0.05) is 19.3 Å². The van der Waals surface area contributed by atoms with Crippen LogP contribution in [0.3, 0.4) is 0 Å². The third-order valence-corrected chi connectivity index (χ3v) is 5.17. The lowest BCUT2D eigenvalue weighted by Gasteiger charge is -2.33. The number of amides is 1. The number of pyridine rings is 1. The molecule has 0 aromatic carbocycles. The molecule has 0 atom stereocenters. The van der Waals surface area contributed by atoms with Crippen molar-refractivity contribution in [2.75, 3.05) is 13.1 Å². The van der Waals surface area contributed by atoms with E-state index in [4.69, 9.17) is 4.74 Å². The van der Waals surface area contributed by atoms with Crippen molar-refractivity contribution >= 4 is 5.91 Å². The molecule has 1 saturated carbocycles. The molecule has 0 N–H and O–H groups in total. The zero-order valence-corrected chi connectivity index (χ0v) is 14.2. The molecule has 4 nitrogen and oxygen atoms in total. The van der Waals surface area contributed by atoms with Crippen LogP contribution in [0.2, 0.25) is 0 Å². The van der Waals surface area contributed by atoms with Gasteiger partial charge in [-0.2, -0.15) is 0 Å². The van der Waals surface area contributed by atoms with Crippen molar-refractivity contribution in [3.8, 4) is 5.75 Å². The zero-order valence-electron chi connectivity index (χ0n) is 14.2. The van der Waals surface area contributed by atoms with Crippen LogP contribution in [0.15, 0.2) is 18.3 Å². The van der Waals surface area contributed by atoms with Crippen molar-refractivity contribution in [3.63, 3.8) is 0 Å². The van der Waals surface area contributed by atoms with E-state index in [2.05, 4.69) is 4.98 Å². The molecule has 0 bridgehead atoms. The van der Waals surface area contributed by atoms with Crippen molar-refractivity contribution in [2.45, 2.75) is 64.4 Å². The van der Waals surface area contributed by atoms with E-state index in [-0.39, 0.29) is 6.10 Å². The van der Waals surface area contributed by atoms with Gasteiger partial charge in [-0.3, -0.25) is 9.78 Å². The third kappa shape index (κ3) is 4.69. The first-order valence-electron chi connectivity index (χ1n) is 9.08. The molecule has 0 spiro atoms. The van der Waals surface area contributed by atoms with Gasteiger partial charge in [-0.25, -0.2) is 0 Å². The van der Waals surface area contributed by atoms with Crippen molar-refractivity contribution in [3.05, 3.63) is 24.0 Å². The number of hydrogen-bond donors (Lipinski definition) is 0. The molecule has 1 aliphatic heterocycles. The van der Waals surface area contributed by atoms with Crippen molar-refractivity contribution in [1.82, 2.24) is 9.88 Å². The highest BCUT2D eigenvalue weighted by Gasteiger charge is 2.26. The highest BCUT2D eigenvalue weighted by Crippen LogP contribution is 2.27. The van der Waals surface area contributed by atoms with Gasteiger partial charge < -0.3 is 9.64 Å². The molecule has 0 radical (unpaired) electrons. The van der Waals surface area contributed by atoms with Crippen molar-refractivity contribution < 1.29 is 9.53 Å². The minimum atomic E-state index is 0.207. The molecule has 2 fully saturated rings. The first-order valence-corrected chi connectivity index (χ1v) is 9.08. The molecule has 2 heterocycles. The maximum atomic E-state index is 12.4. The van der Waals surface area contributed by atoms with Crippen LogP contribution < -0.4 is 4.74 Å². The predicted octanol–water partition coefficient (Wildman–Crippen LogP) is 3.73. The summed E-state index contributed by atoms with van der Waals surface area (Å²) in [6.45, 7) is 3.63. The van der Waals surface area contributed by atoms with Gasteiger partial charge in [0.05, 0.1) is 6.20 Å². The van der Waals surface area contributed by atoms with E-state index in [1.165, 1.54) is 32.1 Å². The van der Waals surface area contributed by atoms with E-state index in [0.717, 1.165) is 43.8 Å². The number of likely N-dealkylation sites (tertiary alicyclic amines) is 1. The number of aromatic nitrogens is 1. The Bertz CT molecular complexity index is 501. The van der Waals surface area contributed by atoms with Crippen LogP contribution in [0, 0.1) is 12.8 Å². The molecule has 3 rings (SSSR count). The van der Waals surface area contributed by atoms with Crippen molar-refractivity contribution in [2.24, 2.45) is 5.92 Å². The van der Waals surface area contributed by atoms with E-state index in [9.17, 15) is 4.79 Å². The summed E-state index contributed by atoms with van der Waals surface area (Å²) in [5, 5.41) is 0. The van der Waals surface area contributed by atoms with Gasteiger partial charge in [-0.05, 0) is 37.8 Å². The van der Waals surface area contributed by atoms with E-state index in [0.29, 0.717) is 11.8 Å². The smallest absolute Gasteiger partial charge is 0.222 e. The monoisotopic (exact) mass is 316 g/mol. The van der Waals surface area contributed by atoms with E-state index < -0.39 is 0 Å². The van der Waals surface area contributed by atoms with Crippen LogP contribution in [0.1, 0.15) is 57.1 Å². The molecule has 1 amide bonds. The Morgan fingerprint density at radius 1 is 1.17 bits per heavy atom. The van der Waals surface area contributed by atoms with E-state index in [1.807, 2.05) is 24.0 Å². The maximum absolute atomic E-state index is 12.4. The number of nitrogens with zero attached hydrogens (tertiary/aromatic N) is 2. The zero-order chi connectivity index (χ0) is 16.1. The van der Waals surface area contributed by atoms with Gasteiger partial charge in [0.25, 0.3) is 0 Å². The number of ether oxygens (including phenoxy) is 1. The van der Waals surface area contributed by atoms with Gasteiger partial charge in [0.1, 0.15) is 11.9 Å². The Morgan fingerprint density at radius 2 is 1.91 bits per heavy atom. The van der Waals surface area contributed by atoms with Crippen molar-refractivity contribution in [1.29, 1.82) is 0 Å². The number of hydrogen-bond acceptors (Lipinski definition) is 3. The van der Waals surface area contributed by atoms with E-state index in [1.54, 1.807) is 6.20 Å². The molecular weight excluding hydrogens is 288 g/mol. The van der Waals surface area contributed by atoms with Gasteiger partial charge >= 0.3 is 0 Å². The first kappa shape index (κ1) is 16.3. The van der Waals surface area contributed by atoms with Crippen LogP contribution in [-0.2, 0) is 4.79 Å². The Kier molecular flexibility index (Phi) is 5.52. The summed E-state index contributed by atoms with van der Waals surface area (Å²) in [5.41, 5.74) is 1.00. The summed E-state index contributed by atoms with van der Waals surface area (Å²) in [6.07, 6.45) is 11.0. The summed E-state index contributed by atoms with van der Waals surface area (Å²) >= 11 is 0. The first-order chi connectivity index (χ1) is 11.2. The lowest BCUT2D eigenvalue weighted by Crippen LogP contribution is -2.42. The minimum absolute atomic E-state index is 0.207. The molecule has 2 aliphatic rings. The summed E-state index contributed by atoms with van der Waals surface area (Å²) in [5.74, 6) is 1.82. The van der Waals surface area contributed by atoms with Crippen LogP contribution in [0.25, 0.3) is 0 Å². The standard InChI is InChI=1S/C19H28N2O2/c1-15-7-8-18(14-20-15)23-17-9-11-21(12-10-17)19(22)13-16-5-3-2-4-6-16/h7-8,14,16-17H,2-6,9-13H2,1H3. The second kappa shape index (κ2) is 7.80. The van der Waals surface area contributed by atoms with Gasteiger partial charge in [0.15, 0.2) is 0 Å². The highest BCUT2D eigenvalue weighted by atomic mass is 16.5. The summed E-state index contributed by atoms with van der Waals surface area (Å²) in [7, 11) is 0. The van der Waals surface area contributed by atoms with Crippen LogP contribution in [0.4, 0.5) is 0 Å². The summed E-state index contributed by atoms with van der Waals surface area (Å²) in [6, 6.07) is 3.95. The fourth-order valence-corrected chi connectivity index (χ4v) is 3.71. The number of aryl methyl sites for hydroxylation is 1. The summed E-state index contributed by atoms with van der Waals surface area (Å²) in [4.78, 5) is 18.8. The molecule has 1 saturated heterocycles. The average molecular weight is 316 g/mol. The molecule has 0 unspecified atom stereocenters. The molecule has 1 aromatic rings. The Balaban J connectivity index is 1.42. The van der Waals surface area contributed by atoms with Crippen LogP contribution in [0.5, 0.6) is 5.75 Å². The quantitative estimate of drug-likeness (QED) is 0.850. The third-order valence-electron chi connectivity index (χ3n) is 5.17. The molecule has 126 valence electrons. The summed E-state index contributed by atoms with van der Waals surface area (Å²) < 4.78 is 5.99. The number of piperidine rings is 1. The molecular formula is C19H28N2O2. The topological polar surface area (TPSA) is 42.4 Å². The Labute approximate surface area is 139 Å². The minimum Gasteiger partial charge on any atom is -0.489 e. The molecule has 1 aromatic heterocycles. The van der Waals surface area contributed by atoms with Crippen LogP contribution in [-0.4, -0.2) is 35.0 Å². The van der Waals surface area contributed by atoms with Gasteiger partial charge in [-0.15, -0.1) is 0 Å². The largest absolute Gasteiger partial charge is 0.489 e. The normalized spacial score (nSPS) is 20.5. The lowest BCUT2D eigenvalue weighted by molar-refractivity contribution is -0.134. The average Bonchev–Trinajstić information content (AvgIpc) is 2.58. The maximum Gasteiger partial charge on any atom is 0.222 e. The predicted molar refractivity (Wildman–Crippen MR) is 90.4 cm³/mol. The fourth-order valence-electron chi connectivity index (χ4n) is 3.71. The number of rotatable bonds is 4.